The molecule has 0 saturated carbocycles. The number of aryl methyl sites for hydroxylation is 2. The minimum Gasteiger partial charge on any atom is -0.491 e. The summed E-state index contributed by atoms with van der Waals surface area (Å²) in [6, 6.07) is 9.58. The zero-order valence-electron chi connectivity index (χ0n) is 13.9. The van der Waals surface area contributed by atoms with E-state index in [1.54, 1.807) is 0 Å². The molecule has 2 N–H and O–H groups in total. The number of anilines is 1. The van der Waals surface area contributed by atoms with Gasteiger partial charge in [0.05, 0.1) is 12.1 Å². The molecule has 4 nitrogen and oxygen atoms in total. The number of carbonyl (C=O) groups is 1. The Bertz CT molecular complexity index is 728. The number of halogens is 3. The normalized spacial score (nSPS) is 11.1. The molecule has 2 rings (SSSR count). The van der Waals surface area contributed by atoms with Gasteiger partial charge < -0.3 is 15.4 Å². The Hall–Kier alpha value is -2.70. The van der Waals surface area contributed by atoms with Crippen LogP contribution in [-0.4, -0.2) is 19.2 Å². The van der Waals surface area contributed by atoms with Crippen LogP contribution in [0.4, 0.5) is 23.7 Å². The number of benzene rings is 2. The van der Waals surface area contributed by atoms with Crippen LogP contribution in [0.15, 0.2) is 42.5 Å². The maximum Gasteiger partial charge on any atom is 0.416 e. The summed E-state index contributed by atoms with van der Waals surface area (Å²) in [5.74, 6) is 0.755. The smallest absolute Gasteiger partial charge is 0.416 e. The summed E-state index contributed by atoms with van der Waals surface area (Å²) >= 11 is 0. The Morgan fingerprint density at radius 3 is 2.40 bits per heavy atom. The molecule has 0 unspecified atom stereocenters. The Labute approximate surface area is 144 Å². The van der Waals surface area contributed by atoms with Crippen molar-refractivity contribution in [3.8, 4) is 5.75 Å². The lowest BCUT2D eigenvalue weighted by molar-refractivity contribution is -0.137. The van der Waals surface area contributed by atoms with E-state index in [9.17, 15) is 18.0 Å². The summed E-state index contributed by atoms with van der Waals surface area (Å²) in [4.78, 5) is 11.7. The monoisotopic (exact) mass is 352 g/mol. The lowest BCUT2D eigenvalue weighted by atomic mass is 10.1. The van der Waals surface area contributed by atoms with Crippen LogP contribution >= 0.6 is 0 Å². The summed E-state index contributed by atoms with van der Waals surface area (Å²) in [6.45, 7) is 4.44. The van der Waals surface area contributed by atoms with Gasteiger partial charge in [-0.3, -0.25) is 0 Å². The molecule has 0 radical (unpaired) electrons. The molecule has 0 aliphatic rings. The van der Waals surface area contributed by atoms with Gasteiger partial charge >= 0.3 is 12.2 Å². The van der Waals surface area contributed by atoms with Crippen molar-refractivity contribution in [3.63, 3.8) is 0 Å². The molecule has 0 aromatic heterocycles. The van der Waals surface area contributed by atoms with Crippen LogP contribution in [0.3, 0.4) is 0 Å². The van der Waals surface area contributed by atoms with Crippen molar-refractivity contribution in [1.82, 2.24) is 5.32 Å². The quantitative estimate of drug-likeness (QED) is 0.777. The highest BCUT2D eigenvalue weighted by Crippen LogP contribution is 2.29. The van der Waals surface area contributed by atoms with Gasteiger partial charge in [0.25, 0.3) is 0 Å². The number of alkyl halides is 3. The first-order valence-electron chi connectivity index (χ1n) is 7.68. The van der Waals surface area contributed by atoms with Gasteiger partial charge in [0.2, 0.25) is 0 Å². The van der Waals surface area contributed by atoms with E-state index in [0.29, 0.717) is 0 Å². The first kappa shape index (κ1) is 18.6. The standard InChI is InChI=1S/C18H19F3N2O2/c1-12-3-4-13(2)16(11-12)25-10-9-22-17(24)23-15-7-5-14(6-8-15)18(19,20)21/h3-8,11H,9-10H2,1-2H3,(H2,22,23,24). The third-order valence-corrected chi connectivity index (χ3v) is 3.46. The Morgan fingerprint density at radius 2 is 1.76 bits per heavy atom. The predicted octanol–water partition coefficient (Wildman–Crippen LogP) is 4.52. The van der Waals surface area contributed by atoms with Crippen LogP contribution in [-0.2, 0) is 6.18 Å². The lowest BCUT2D eigenvalue weighted by Gasteiger charge is -2.12. The molecule has 0 heterocycles. The summed E-state index contributed by atoms with van der Waals surface area (Å²) < 4.78 is 43.0. The van der Waals surface area contributed by atoms with E-state index in [1.165, 1.54) is 12.1 Å². The highest BCUT2D eigenvalue weighted by Gasteiger charge is 2.29. The van der Waals surface area contributed by atoms with E-state index in [2.05, 4.69) is 10.6 Å². The maximum absolute atomic E-state index is 12.5. The van der Waals surface area contributed by atoms with E-state index < -0.39 is 17.8 Å². The van der Waals surface area contributed by atoms with Crippen LogP contribution < -0.4 is 15.4 Å². The summed E-state index contributed by atoms with van der Waals surface area (Å²) in [7, 11) is 0. The van der Waals surface area contributed by atoms with E-state index in [-0.39, 0.29) is 18.8 Å². The van der Waals surface area contributed by atoms with Crippen molar-refractivity contribution >= 4 is 11.7 Å². The van der Waals surface area contributed by atoms with Crippen LogP contribution in [0.5, 0.6) is 5.75 Å². The van der Waals surface area contributed by atoms with Gasteiger partial charge in [0, 0.05) is 5.69 Å². The zero-order valence-corrected chi connectivity index (χ0v) is 13.9. The van der Waals surface area contributed by atoms with E-state index in [1.807, 2.05) is 32.0 Å². The minimum atomic E-state index is -4.40. The molecule has 2 amide bonds. The molecule has 134 valence electrons. The Kier molecular flexibility index (Phi) is 5.90. The Balaban J connectivity index is 1.76. The number of urea groups is 1. The van der Waals surface area contributed by atoms with Gasteiger partial charge in [-0.2, -0.15) is 13.2 Å². The number of hydrogen-bond donors (Lipinski definition) is 2. The third-order valence-electron chi connectivity index (χ3n) is 3.46. The number of amides is 2. The molecule has 2 aromatic carbocycles. The van der Waals surface area contributed by atoms with Gasteiger partial charge in [-0.15, -0.1) is 0 Å². The minimum absolute atomic E-state index is 0.264. The first-order valence-corrected chi connectivity index (χ1v) is 7.68. The van der Waals surface area contributed by atoms with Crippen molar-refractivity contribution in [2.24, 2.45) is 0 Å². The molecular formula is C18H19F3N2O2. The lowest BCUT2D eigenvalue weighted by Crippen LogP contribution is -2.32. The number of ether oxygens (including phenoxy) is 1. The van der Waals surface area contributed by atoms with Crippen LogP contribution in [0.2, 0.25) is 0 Å². The fraction of sp³-hybridized carbons (Fsp3) is 0.278. The summed E-state index contributed by atoms with van der Waals surface area (Å²) in [5, 5.41) is 5.05. The molecule has 0 fully saturated rings. The van der Waals surface area contributed by atoms with E-state index in [4.69, 9.17) is 4.74 Å². The first-order chi connectivity index (χ1) is 11.8. The van der Waals surface area contributed by atoms with Crippen LogP contribution in [0.25, 0.3) is 0 Å². The van der Waals surface area contributed by atoms with E-state index >= 15 is 0 Å². The number of hydrogen-bond acceptors (Lipinski definition) is 2. The van der Waals surface area contributed by atoms with Crippen LogP contribution in [0, 0.1) is 13.8 Å². The highest BCUT2D eigenvalue weighted by molar-refractivity contribution is 5.89. The Morgan fingerprint density at radius 1 is 1.08 bits per heavy atom. The van der Waals surface area contributed by atoms with E-state index in [0.717, 1.165) is 29.0 Å². The molecule has 2 aromatic rings. The molecule has 0 spiro atoms. The van der Waals surface area contributed by atoms with Crippen molar-refractivity contribution in [2.45, 2.75) is 20.0 Å². The summed E-state index contributed by atoms with van der Waals surface area (Å²) in [5.41, 5.74) is 1.59. The van der Waals surface area contributed by atoms with Crippen molar-refractivity contribution in [1.29, 1.82) is 0 Å². The third kappa shape index (κ3) is 5.70. The predicted molar refractivity (Wildman–Crippen MR) is 89.9 cm³/mol. The fourth-order valence-electron chi connectivity index (χ4n) is 2.11. The molecule has 7 heteroatoms. The molecule has 0 atom stereocenters. The number of carbonyl (C=O) groups excluding carboxylic acids is 1. The fourth-order valence-corrected chi connectivity index (χ4v) is 2.11. The number of nitrogens with one attached hydrogen (secondary N) is 2. The van der Waals surface area contributed by atoms with Gasteiger partial charge in [0.15, 0.2) is 0 Å². The average Bonchev–Trinajstić information content (AvgIpc) is 2.54. The van der Waals surface area contributed by atoms with Gasteiger partial charge in [0.1, 0.15) is 12.4 Å². The highest BCUT2D eigenvalue weighted by atomic mass is 19.4. The van der Waals surface area contributed by atoms with Crippen molar-refractivity contribution in [2.75, 3.05) is 18.5 Å². The largest absolute Gasteiger partial charge is 0.491 e. The second-order valence-electron chi connectivity index (χ2n) is 5.57. The van der Waals surface area contributed by atoms with Crippen LogP contribution in [0.1, 0.15) is 16.7 Å². The van der Waals surface area contributed by atoms with Gasteiger partial charge in [-0.1, -0.05) is 12.1 Å². The molecule has 0 aliphatic carbocycles. The topological polar surface area (TPSA) is 50.4 Å². The second-order valence-corrected chi connectivity index (χ2v) is 5.57. The van der Waals surface area contributed by atoms with Gasteiger partial charge in [-0.05, 0) is 55.3 Å². The molecular weight excluding hydrogens is 333 g/mol. The van der Waals surface area contributed by atoms with Crippen molar-refractivity contribution in [3.05, 3.63) is 59.2 Å². The summed E-state index contributed by atoms with van der Waals surface area (Å²) in [6.07, 6.45) is -4.40. The SMILES string of the molecule is Cc1ccc(C)c(OCCNC(=O)Nc2ccc(C(F)(F)F)cc2)c1. The molecule has 0 bridgehead atoms. The molecule has 0 aliphatic heterocycles. The second kappa shape index (κ2) is 7.92. The number of rotatable bonds is 5. The molecule has 0 saturated heterocycles. The molecule has 25 heavy (non-hydrogen) atoms. The maximum atomic E-state index is 12.5. The average molecular weight is 352 g/mol. The van der Waals surface area contributed by atoms with Gasteiger partial charge in [-0.25, -0.2) is 4.79 Å². The zero-order chi connectivity index (χ0) is 18.4. The van der Waals surface area contributed by atoms with Crippen molar-refractivity contribution < 1.29 is 22.7 Å².